The predicted octanol–water partition coefficient (Wildman–Crippen LogP) is 7.23. The largest absolute Gasteiger partial charge is 0.496 e. The molecule has 1 saturated heterocycles. The first-order chi connectivity index (χ1) is 24.0. The van der Waals surface area contributed by atoms with Crippen LogP contribution < -0.4 is 10.1 Å². The van der Waals surface area contributed by atoms with Crippen LogP contribution in [0.25, 0.3) is 5.57 Å². The van der Waals surface area contributed by atoms with Crippen LogP contribution in [-0.4, -0.2) is 48.5 Å². The lowest BCUT2D eigenvalue weighted by atomic mass is 9.42. The van der Waals surface area contributed by atoms with Crippen LogP contribution in [0.1, 0.15) is 73.4 Å². The molecule has 0 radical (unpaired) electrons. The van der Waals surface area contributed by atoms with Crippen LogP contribution in [0.15, 0.2) is 116 Å². The quantitative estimate of drug-likeness (QED) is 0.158. The Morgan fingerprint density at radius 2 is 1.52 bits per heavy atom. The van der Waals surface area contributed by atoms with Crippen LogP contribution >= 0.6 is 0 Å². The van der Waals surface area contributed by atoms with Gasteiger partial charge in [0.15, 0.2) is 6.04 Å². The number of carbonyl (C=O) groups is 3. The lowest BCUT2D eigenvalue weighted by Gasteiger charge is -2.60. The first-order valence-corrected chi connectivity index (χ1v) is 17.4. The Labute approximate surface area is 294 Å². The zero-order valence-electron chi connectivity index (χ0n) is 29.1. The monoisotopic (exact) mass is 668 g/mol. The van der Waals surface area contributed by atoms with Gasteiger partial charge in [-0.2, -0.15) is 0 Å². The number of nitrogens with one attached hydrogen (secondary N) is 1. The van der Waals surface area contributed by atoms with Gasteiger partial charge in [-0.1, -0.05) is 110 Å². The minimum Gasteiger partial charge on any atom is -0.496 e. The molecule has 4 aliphatic rings. The molecule has 0 aromatic heterocycles. The van der Waals surface area contributed by atoms with E-state index in [2.05, 4.69) is 42.2 Å². The third-order valence-electron chi connectivity index (χ3n) is 11.1. The molecule has 4 aromatic carbocycles. The van der Waals surface area contributed by atoms with Gasteiger partial charge < -0.3 is 19.7 Å². The zero-order valence-corrected chi connectivity index (χ0v) is 29.1. The van der Waals surface area contributed by atoms with Crippen LogP contribution in [0, 0.1) is 11.3 Å². The number of amides is 2. The Kier molecular flexibility index (Phi) is 8.41. The van der Waals surface area contributed by atoms with E-state index < -0.39 is 28.4 Å². The highest BCUT2D eigenvalue weighted by Gasteiger charge is 2.70. The Balaban J connectivity index is 1.37. The molecule has 5 atom stereocenters. The van der Waals surface area contributed by atoms with E-state index in [0.717, 1.165) is 24.0 Å². The van der Waals surface area contributed by atoms with Gasteiger partial charge in [0.25, 0.3) is 5.91 Å². The number of esters is 1. The molecule has 1 aliphatic heterocycles. The van der Waals surface area contributed by atoms with Crippen molar-refractivity contribution in [2.24, 2.45) is 11.3 Å². The molecule has 4 aromatic rings. The van der Waals surface area contributed by atoms with Gasteiger partial charge in [0.1, 0.15) is 11.4 Å². The van der Waals surface area contributed by atoms with E-state index in [1.807, 2.05) is 105 Å². The number of hydrogen-bond donors (Lipinski definition) is 1. The zero-order chi connectivity index (χ0) is 35.3. The topological polar surface area (TPSA) is 84.9 Å². The fourth-order valence-corrected chi connectivity index (χ4v) is 9.12. The molecule has 7 nitrogen and oxygen atoms in total. The smallest absolute Gasteiger partial charge is 0.333 e. The SMILES string of the molecule is C=C(C(=O)N1C[C@H]2[C@@]3(c4ccccc4)CC[C@H](c4ccccc43)[C@@]2(C(=O)N[C@H](C(=O)OC(C)(C)C)c2ccccc2)C1)c1ccccc1OC. The number of carbonyl (C=O) groups excluding carboxylic acids is 3. The highest BCUT2D eigenvalue weighted by molar-refractivity contribution is 6.19. The van der Waals surface area contributed by atoms with Crippen molar-refractivity contribution in [1.29, 1.82) is 0 Å². The van der Waals surface area contributed by atoms with Gasteiger partial charge in [-0.25, -0.2) is 4.79 Å². The molecule has 3 aliphatic carbocycles. The Morgan fingerprint density at radius 1 is 0.880 bits per heavy atom. The number of para-hydroxylation sites is 1. The lowest BCUT2D eigenvalue weighted by molar-refractivity contribution is -0.160. The first kappa shape index (κ1) is 33.3. The van der Waals surface area contributed by atoms with Crippen molar-refractivity contribution in [3.63, 3.8) is 0 Å². The average molecular weight is 669 g/mol. The van der Waals surface area contributed by atoms with Gasteiger partial charge >= 0.3 is 5.97 Å². The third-order valence-corrected chi connectivity index (χ3v) is 11.1. The number of nitrogens with zero attached hydrogens (tertiary/aromatic N) is 1. The molecular formula is C43H44N2O5. The van der Waals surface area contributed by atoms with Crippen molar-refractivity contribution < 1.29 is 23.9 Å². The second-order valence-electron chi connectivity index (χ2n) is 14.8. The minimum absolute atomic E-state index is 0.179. The summed E-state index contributed by atoms with van der Waals surface area (Å²) in [6.07, 6.45) is 1.59. The summed E-state index contributed by atoms with van der Waals surface area (Å²) in [6.45, 7) is 10.2. The lowest BCUT2D eigenvalue weighted by Crippen LogP contribution is -2.63. The molecule has 2 fully saturated rings. The number of benzene rings is 4. The Hall–Kier alpha value is -5.17. The van der Waals surface area contributed by atoms with Gasteiger partial charge in [0.2, 0.25) is 5.91 Å². The van der Waals surface area contributed by atoms with E-state index in [1.54, 1.807) is 7.11 Å². The highest BCUT2D eigenvalue weighted by atomic mass is 16.6. The summed E-state index contributed by atoms with van der Waals surface area (Å²) in [4.78, 5) is 45.7. The molecule has 0 unspecified atom stereocenters. The van der Waals surface area contributed by atoms with Crippen LogP contribution in [0.4, 0.5) is 0 Å². The summed E-state index contributed by atoms with van der Waals surface area (Å²) in [5.41, 5.74) is 2.67. The highest BCUT2D eigenvalue weighted by Crippen LogP contribution is 2.69. The number of hydrogen-bond acceptors (Lipinski definition) is 5. The van der Waals surface area contributed by atoms with Crippen LogP contribution in [0.5, 0.6) is 5.75 Å². The molecule has 8 rings (SSSR count). The standard InChI is InChI=1S/C43H44N2O5/c1-28(31-20-13-15-23-35(31)49-5)38(46)45-26-36-42(30-18-10-7-11-19-30)25-24-34(32-21-12-14-22-33(32)42)43(36,27-45)40(48)44-37(29-16-8-6-9-17-29)39(47)50-41(2,3)4/h6-23,34,36-37H,1,24-27H2,2-5H3,(H,44,48)/t34-,36+,37+,42-,43+/m1/s1. The average Bonchev–Trinajstić information content (AvgIpc) is 3.57. The molecule has 1 N–H and O–H groups in total. The molecular weight excluding hydrogens is 624 g/mol. The fraction of sp³-hybridized carbons (Fsp3) is 0.326. The number of fused-ring (bicyclic) bond motifs is 1. The summed E-state index contributed by atoms with van der Waals surface area (Å²) in [6, 6.07) is 34.4. The summed E-state index contributed by atoms with van der Waals surface area (Å²) >= 11 is 0. The van der Waals surface area contributed by atoms with Crippen molar-refractivity contribution in [1.82, 2.24) is 10.2 Å². The van der Waals surface area contributed by atoms with E-state index in [9.17, 15) is 9.59 Å². The van der Waals surface area contributed by atoms with Crippen LogP contribution in [0.3, 0.4) is 0 Å². The van der Waals surface area contributed by atoms with E-state index in [4.69, 9.17) is 9.47 Å². The van der Waals surface area contributed by atoms with Gasteiger partial charge in [0, 0.05) is 41.5 Å². The van der Waals surface area contributed by atoms with Crippen molar-refractivity contribution in [2.75, 3.05) is 20.2 Å². The van der Waals surface area contributed by atoms with Crippen molar-refractivity contribution in [3.8, 4) is 5.75 Å². The number of ether oxygens (including phenoxy) is 2. The molecule has 1 heterocycles. The maximum absolute atomic E-state index is 15.4. The molecule has 7 heteroatoms. The number of rotatable bonds is 8. The van der Waals surface area contributed by atoms with Crippen LogP contribution in [-0.2, 0) is 24.5 Å². The van der Waals surface area contributed by atoms with E-state index in [1.165, 1.54) is 5.56 Å². The Bertz CT molecular complexity index is 1950. The summed E-state index contributed by atoms with van der Waals surface area (Å²) in [5.74, 6) is -0.919. The fourth-order valence-electron chi connectivity index (χ4n) is 9.12. The van der Waals surface area contributed by atoms with Crippen molar-refractivity contribution in [3.05, 3.63) is 144 Å². The first-order valence-electron chi connectivity index (χ1n) is 17.4. The molecule has 50 heavy (non-hydrogen) atoms. The summed E-state index contributed by atoms with van der Waals surface area (Å²) in [7, 11) is 1.58. The second kappa shape index (κ2) is 12.6. The van der Waals surface area contributed by atoms with E-state index >= 15 is 4.79 Å². The van der Waals surface area contributed by atoms with E-state index in [0.29, 0.717) is 29.0 Å². The number of methoxy groups -OCH3 is 1. The third kappa shape index (κ3) is 5.31. The van der Waals surface area contributed by atoms with Crippen molar-refractivity contribution >= 4 is 23.4 Å². The van der Waals surface area contributed by atoms with Gasteiger partial charge in [-0.15, -0.1) is 0 Å². The minimum atomic E-state index is -1.05. The summed E-state index contributed by atoms with van der Waals surface area (Å²) in [5, 5.41) is 3.22. The molecule has 1 saturated carbocycles. The van der Waals surface area contributed by atoms with Gasteiger partial charge in [0.05, 0.1) is 12.5 Å². The molecule has 0 spiro atoms. The number of likely N-dealkylation sites (tertiary alicyclic amines) is 1. The molecule has 2 bridgehead atoms. The van der Waals surface area contributed by atoms with Crippen LogP contribution in [0.2, 0.25) is 0 Å². The molecule has 2 amide bonds. The maximum atomic E-state index is 15.4. The summed E-state index contributed by atoms with van der Waals surface area (Å²) < 4.78 is 11.5. The maximum Gasteiger partial charge on any atom is 0.333 e. The van der Waals surface area contributed by atoms with Gasteiger partial charge in [-0.3, -0.25) is 9.59 Å². The predicted molar refractivity (Wildman–Crippen MR) is 193 cm³/mol. The Morgan fingerprint density at radius 3 is 2.22 bits per heavy atom. The van der Waals surface area contributed by atoms with Gasteiger partial charge in [-0.05, 0) is 61.9 Å². The van der Waals surface area contributed by atoms with Crippen molar-refractivity contribution in [2.45, 2.75) is 56.6 Å². The normalized spacial score (nSPS) is 24.0. The van der Waals surface area contributed by atoms with E-state index in [-0.39, 0.29) is 30.2 Å². The second-order valence-corrected chi connectivity index (χ2v) is 14.8. The molecule has 256 valence electrons.